The van der Waals surface area contributed by atoms with Gasteiger partial charge in [0.2, 0.25) is 0 Å². The molecule has 0 amide bonds. The van der Waals surface area contributed by atoms with Crippen molar-refractivity contribution < 1.29 is 23.8 Å². The number of carbonyl (C=O) groups excluding carboxylic acids is 2. The normalized spacial score (nSPS) is 12.1. The molecule has 0 aliphatic heterocycles. The van der Waals surface area contributed by atoms with Gasteiger partial charge in [-0.15, -0.1) is 0 Å². The first kappa shape index (κ1) is 13.7. The third kappa shape index (κ3) is 6.73. The maximum Gasteiger partial charge on any atom is 0.510 e. The summed E-state index contributed by atoms with van der Waals surface area (Å²) in [5.41, 5.74) is 5.24. The van der Waals surface area contributed by atoms with Crippen molar-refractivity contribution in [2.75, 3.05) is 13.2 Å². The molecule has 2 N–H and O–H groups in total. The largest absolute Gasteiger partial charge is 0.510 e. The molecule has 0 spiro atoms. The maximum absolute atomic E-state index is 11.1. The van der Waals surface area contributed by atoms with E-state index in [0.29, 0.717) is 0 Å². The van der Waals surface area contributed by atoms with Gasteiger partial charge in [0.25, 0.3) is 6.23 Å². The van der Waals surface area contributed by atoms with Crippen molar-refractivity contribution in [3.05, 3.63) is 0 Å². The van der Waals surface area contributed by atoms with Crippen LogP contribution in [0.25, 0.3) is 0 Å². The second-order valence-electron chi connectivity index (χ2n) is 3.25. The Morgan fingerprint density at radius 2 is 1.87 bits per heavy atom. The van der Waals surface area contributed by atoms with Crippen molar-refractivity contribution in [1.29, 1.82) is 0 Å². The number of ether oxygens (including phenoxy) is 3. The van der Waals surface area contributed by atoms with E-state index in [1.54, 1.807) is 6.92 Å². The Morgan fingerprint density at radius 1 is 1.27 bits per heavy atom. The Morgan fingerprint density at radius 3 is 2.33 bits per heavy atom. The van der Waals surface area contributed by atoms with Crippen LogP contribution in [0.3, 0.4) is 0 Å². The first-order valence-corrected chi connectivity index (χ1v) is 4.73. The Labute approximate surface area is 88.7 Å². The molecule has 0 rings (SSSR count). The molecule has 0 fully saturated rings. The average Bonchev–Trinajstić information content (AvgIpc) is 2.14. The molecular formula is C9H17NO5. The Bertz CT molecular complexity index is 217. The first-order chi connectivity index (χ1) is 6.97. The van der Waals surface area contributed by atoms with Gasteiger partial charge >= 0.3 is 12.1 Å². The van der Waals surface area contributed by atoms with E-state index >= 15 is 0 Å². The summed E-state index contributed by atoms with van der Waals surface area (Å²) in [4.78, 5) is 21.9. The van der Waals surface area contributed by atoms with E-state index in [2.05, 4.69) is 9.47 Å². The molecule has 0 saturated heterocycles. The molecule has 0 aromatic rings. The Balaban J connectivity index is 3.83. The molecule has 15 heavy (non-hydrogen) atoms. The molecule has 6 heteroatoms. The van der Waals surface area contributed by atoms with Crippen LogP contribution in [0.4, 0.5) is 4.79 Å². The molecule has 0 radical (unpaired) electrons. The second kappa shape index (κ2) is 7.05. The quantitative estimate of drug-likeness (QED) is 0.539. The van der Waals surface area contributed by atoms with Crippen molar-refractivity contribution >= 4 is 12.1 Å². The van der Waals surface area contributed by atoms with E-state index in [0.717, 1.165) is 0 Å². The zero-order valence-electron chi connectivity index (χ0n) is 9.19. The van der Waals surface area contributed by atoms with Crippen molar-refractivity contribution in [1.82, 2.24) is 0 Å². The molecule has 6 nitrogen and oxygen atoms in total. The monoisotopic (exact) mass is 219 g/mol. The standard InChI is InChI=1S/C9H17NO5/c1-4-13-9(12)15-7(10)8(11)14-5-6(2)3/h6-7H,4-5,10H2,1-3H3. The summed E-state index contributed by atoms with van der Waals surface area (Å²) >= 11 is 0. The minimum Gasteiger partial charge on any atom is -0.462 e. The highest BCUT2D eigenvalue weighted by molar-refractivity contribution is 5.76. The fraction of sp³-hybridized carbons (Fsp3) is 0.778. The topological polar surface area (TPSA) is 87.9 Å². The van der Waals surface area contributed by atoms with Crippen LogP contribution in [0.5, 0.6) is 0 Å². The van der Waals surface area contributed by atoms with E-state index < -0.39 is 18.4 Å². The molecule has 88 valence electrons. The molecule has 0 aromatic heterocycles. The van der Waals surface area contributed by atoms with Crippen LogP contribution in [0.2, 0.25) is 0 Å². The van der Waals surface area contributed by atoms with Crippen LogP contribution < -0.4 is 5.73 Å². The highest BCUT2D eigenvalue weighted by atomic mass is 16.7. The molecule has 1 atom stereocenters. The first-order valence-electron chi connectivity index (χ1n) is 4.73. The zero-order valence-corrected chi connectivity index (χ0v) is 9.19. The summed E-state index contributed by atoms with van der Waals surface area (Å²) < 4.78 is 13.6. The lowest BCUT2D eigenvalue weighted by molar-refractivity contribution is -0.155. The molecule has 0 aliphatic rings. The number of esters is 1. The summed E-state index contributed by atoms with van der Waals surface area (Å²) in [5.74, 6) is -0.583. The molecule has 1 unspecified atom stereocenters. The summed E-state index contributed by atoms with van der Waals surface area (Å²) in [6.45, 7) is 5.77. The fourth-order valence-electron chi connectivity index (χ4n) is 0.635. The SMILES string of the molecule is CCOC(=O)OC(N)C(=O)OCC(C)C. The minimum absolute atomic E-state index is 0.159. The number of hydrogen-bond donors (Lipinski definition) is 1. The highest BCUT2D eigenvalue weighted by Crippen LogP contribution is 1.97. The zero-order chi connectivity index (χ0) is 11.8. The van der Waals surface area contributed by atoms with Gasteiger partial charge in [-0.05, 0) is 12.8 Å². The van der Waals surface area contributed by atoms with Gasteiger partial charge in [0, 0.05) is 0 Å². The molecule has 0 heterocycles. The van der Waals surface area contributed by atoms with Gasteiger partial charge in [-0.2, -0.15) is 0 Å². The lowest BCUT2D eigenvalue weighted by Crippen LogP contribution is -2.37. The van der Waals surface area contributed by atoms with E-state index in [-0.39, 0.29) is 19.1 Å². The molecule has 0 bridgehead atoms. The molecule has 0 aromatic carbocycles. The number of nitrogens with two attached hydrogens (primary N) is 1. The van der Waals surface area contributed by atoms with Gasteiger partial charge in [0.05, 0.1) is 13.2 Å². The third-order valence-corrected chi connectivity index (χ3v) is 1.28. The van der Waals surface area contributed by atoms with Crippen molar-refractivity contribution in [2.24, 2.45) is 11.7 Å². The Hall–Kier alpha value is -1.30. The molecule has 0 aliphatic carbocycles. The summed E-state index contributed by atoms with van der Waals surface area (Å²) in [7, 11) is 0. The van der Waals surface area contributed by atoms with Crippen molar-refractivity contribution in [3.63, 3.8) is 0 Å². The van der Waals surface area contributed by atoms with Gasteiger partial charge in [-0.1, -0.05) is 13.8 Å². The maximum atomic E-state index is 11.1. The lowest BCUT2D eigenvalue weighted by Gasteiger charge is -2.12. The van der Waals surface area contributed by atoms with Crippen molar-refractivity contribution in [3.8, 4) is 0 Å². The van der Waals surface area contributed by atoms with Crippen molar-refractivity contribution in [2.45, 2.75) is 27.0 Å². The van der Waals surface area contributed by atoms with Gasteiger partial charge < -0.3 is 14.2 Å². The Kier molecular flexibility index (Phi) is 6.44. The van der Waals surface area contributed by atoms with E-state index in [4.69, 9.17) is 10.5 Å². The third-order valence-electron chi connectivity index (χ3n) is 1.28. The summed E-state index contributed by atoms with van der Waals surface area (Å²) in [6.07, 6.45) is -2.41. The number of carbonyl (C=O) groups is 2. The van der Waals surface area contributed by atoms with Crippen LogP contribution >= 0.6 is 0 Å². The second-order valence-corrected chi connectivity index (χ2v) is 3.25. The average molecular weight is 219 g/mol. The van der Waals surface area contributed by atoms with Crippen LogP contribution in [-0.4, -0.2) is 31.6 Å². The van der Waals surface area contributed by atoms with Gasteiger partial charge in [0.1, 0.15) is 0 Å². The highest BCUT2D eigenvalue weighted by Gasteiger charge is 2.20. The summed E-state index contributed by atoms with van der Waals surface area (Å²) in [6, 6.07) is 0. The number of hydrogen-bond acceptors (Lipinski definition) is 6. The predicted molar refractivity (Wildman–Crippen MR) is 51.9 cm³/mol. The molecule has 0 saturated carbocycles. The van der Waals surface area contributed by atoms with Crippen LogP contribution in [0, 0.1) is 5.92 Å². The van der Waals surface area contributed by atoms with Gasteiger partial charge in [0.15, 0.2) is 0 Å². The van der Waals surface area contributed by atoms with E-state index in [1.165, 1.54) is 0 Å². The predicted octanol–water partition coefficient (Wildman–Crippen LogP) is 0.643. The molecular weight excluding hydrogens is 202 g/mol. The lowest BCUT2D eigenvalue weighted by atomic mass is 10.2. The minimum atomic E-state index is -1.43. The smallest absolute Gasteiger partial charge is 0.462 e. The van der Waals surface area contributed by atoms with Crippen LogP contribution in [-0.2, 0) is 19.0 Å². The van der Waals surface area contributed by atoms with Gasteiger partial charge in [-0.3, -0.25) is 5.73 Å². The van der Waals surface area contributed by atoms with Gasteiger partial charge in [-0.25, -0.2) is 9.59 Å². The fourth-order valence-corrected chi connectivity index (χ4v) is 0.635. The van der Waals surface area contributed by atoms with Crippen LogP contribution in [0.15, 0.2) is 0 Å². The number of rotatable bonds is 5. The van der Waals surface area contributed by atoms with Crippen LogP contribution in [0.1, 0.15) is 20.8 Å². The summed E-state index contributed by atoms with van der Waals surface area (Å²) in [5, 5.41) is 0. The van der Waals surface area contributed by atoms with E-state index in [9.17, 15) is 9.59 Å². The van der Waals surface area contributed by atoms with E-state index in [1.807, 2.05) is 13.8 Å².